The Hall–Kier alpha value is -7.22. The zero-order valence-electron chi connectivity index (χ0n) is 45.3. The van der Waals surface area contributed by atoms with E-state index in [1.807, 2.05) is 77.3 Å². The standard InChI is InChI=1S/C60H47N6Si.Ir/c1-67(2,3)60-64-59-54-40-48(31-32-53(54)57-58(66(59)65-60)52(33-36-63-57)45-13-5-4-6-14-45)50-15-7-8-16-51(50)49-38-43(21-19-41-23-27-46(28-24-41)55-17-9-11-34-61-55)37-44(39-49)22-20-42-25-29-47(30-26-42)56-18-10-12-35-62-56;/h4-18,23-27,29,31,33-40H,19-22H2,1-3H3;/q-3;+3/i19D2,20D2,21D2,22D2;. The predicted octanol–water partition coefficient (Wildman–Crippen LogP) is 13.1. The molecular formula is C60H47IrN6Si. The molecule has 8 heteroatoms. The monoisotopic (exact) mass is 1080 g/mol. The van der Waals surface area contributed by atoms with Crippen molar-refractivity contribution in [3.05, 3.63) is 223 Å². The van der Waals surface area contributed by atoms with Gasteiger partial charge >= 0.3 is 20.1 Å². The van der Waals surface area contributed by atoms with E-state index in [0.717, 1.165) is 32.9 Å². The molecule has 0 atom stereocenters. The summed E-state index contributed by atoms with van der Waals surface area (Å²) >= 11 is 0. The number of nitrogens with zero attached hydrogens (tertiary/aromatic N) is 6. The van der Waals surface area contributed by atoms with Crippen LogP contribution in [0.15, 0.2) is 182 Å². The summed E-state index contributed by atoms with van der Waals surface area (Å²) in [6, 6.07) is 57.5. The molecule has 11 rings (SSSR count). The molecule has 0 aliphatic rings. The Morgan fingerprint density at radius 3 is 1.68 bits per heavy atom. The Morgan fingerprint density at radius 2 is 1.10 bits per heavy atom. The van der Waals surface area contributed by atoms with Crippen LogP contribution in [0.3, 0.4) is 0 Å². The fourth-order valence-electron chi connectivity index (χ4n) is 8.26. The SMILES string of the molecule is [2H]C([2H])(c1c[c-]c(-c2ccccn2)cc1)C([2H])([2H])c1cc(-c2ccccc2-c2c[c-]c3c(c2)c2nc([Si](C)(C)C)nn2c2c(-c4ccccc4)ccnc32)cc(C([2H])([2H])C([2H])([2H])c2c[c-]c(-c3ccccn3)cc2)c1.[Ir+3]. The molecule has 68 heavy (non-hydrogen) atoms. The largest absolute Gasteiger partial charge is 3.00 e. The van der Waals surface area contributed by atoms with Crippen LogP contribution < -0.4 is 5.45 Å². The number of hydrogen-bond donors (Lipinski definition) is 0. The van der Waals surface area contributed by atoms with Crippen molar-refractivity contribution in [1.29, 1.82) is 0 Å². The zero-order chi connectivity index (χ0) is 52.5. The van der Waals surface area contributed by atoms with Gasteiger partial charge in [0.05, 0.1) is 5.52 Å². The van der Waals surface area contributed by atoms with Crippen molar-refractivity contribution in [3.8, 4) is 55.9 Å². The number of hydrogen-bond acceptors (Lipinski definition) is 5. The first-order valence-corrected chi connectivity index (χ1v) is 25.6. The van der Waals surface area contributed by atoms with Gasteiger partial charge in [-0.15, -0.1) is 94.4 Å². The molecule has 0 amide bonds. The maximum absolute atomic E-state index is 9.69. The Labute approximate surface area is 423 Å². The second-order valence-electron chi connectivity index (χ2n) is 17.3. The summed E-state index contributed by atoms with van der Waals surface area (Å²) in [6.45, 7) is 6.61. The van der Waals surface area contributed by atoms with Crippen molar-refractivity contribution in [2.24, 2.45) is 0 Å². The molecule has 0 unspecified atom stereocenters. The van der Waals surface area contributed by atoms with Crippen LogP contribution in [0.5, 0.6) is 0 Å². The third kappa shape index (κ3) is 9.11. The molecule has 0 radical (unpaired) electrons. The van der Waals surface area contributed by atoms with Gasteiger partial charge in [-0.1, -0.05) is 146 Å². The van der Waals surface area contributed by atoms with Gasteiger partial charge < -0.3 is 15.0 Å². The van der Waals surface area contributed by atoms with E-state index in [-0.39, 0.29) is 42.4 Å². The van der Waals surface area contributed by atoms with Gasteiger partial charge in [-0.2, -0.15) is 5.10 Å². The minimum absolute atomic E-state index is 0. The molecule has 0 aliphatic carbocycles. The molecule has 330 valence electrons. The number of pyridine rings is 4. The van der Waals surface area contributed by atoms with Gasteiger partial charge in [0.1, 0.15) is 19.2 Å². The van der Waals surface area contributed by atoms with Crippen LogP contribution in [0.1, 0.15) is 33.2 Å². The van der Waals surface area contributed by atoms with Crippen LogP contribution in [0, 0.1) is 18.2 Å². The molecular weight excluding hydrogens is 1030 g/mol. The maximum atomic E-state index is 9.69. The predicted molar refractivity (Wildman–Crippen MR) is 276 cm³/mol. The number of aromatic nitrogens is 6. The van der Waals surface area contributed by atoms with Gasteiger partial charge in [-0.3, -0.25) is 0 Å². The number of benzene rings is 6. The van der Waals surface area contributed by atoms with E-state index < -0.39 is 33.6 Å². The first-order chi connectivity index (χ1) is 35.8. The Bertz CT molecular complexity index is 3810. The number of rotatable bonds is 12. The van der Waals surface area contributed by atoms with Gasteiger partial charge in [0.15, 0.2) is 0 Å². The quantitative estimate of drug-likeness (QED) is 0.0693. The van der Waals surface area contributed by atoms with Crippen LogP contribution in [-0.2, 0) is 45.6 Å². The van der Waals surface area contributed by atoms with Crippen LogP contribution >= 0.6 is 0 Å². The molecule has 0 spiro atoms. The van der Waals surface area contributed by atoms with Gasteiger partial charge in [0.25, 0.3) is 0 Å². The maximum Gasteiger partial charge on any atom is 3.00 e. The van der Waals surface area contributed by atoms with E-state index in [9.17, 15) is 11.0 Å². The van der Waals surface area contributed by atoms with E-state index in [2.05, 4.69) is 59.9 Å². The summed E-state index contributed by atoms with van der Waals surface area (Å²) in [4.78, 5) is 18.9. The summed E-state index contributed by atoms with van der Waals surface area (Å²) < 4.78 is 78.6. The van der Waals surface area contributed by atoms with E-state index in [0.29, 0.717) is 55.9 Å². The average molecular weight is 1080 g/mol. The molecule has 6 aromatic carbocycles. The van der Waals surface area contributed by atoms with Crippen molar-refractivity contribution < 1.29 is 31.1 Å². The second kappa shape index (κ2) is 19.2. The summed E-state index contributed by atoms with van der Waals surface area (Å²) in [5, 5.41) is 6.67. The number of fused-ring (bicyclic) bond motifs is 6. The van der Waals surface area contributed by atoms with E-state index in [4.69, 9.17) is 15.1 Å². The summed E-state index contributed by atoms with van der Waals surface area (Å²) in [7, 11) is -2.06. The van der Waals surface area contributed by atoms with Crippen LogP contribution in [-0.4, -0.2) is 37.6 Å². The van der Waals surface area contributed by atoms with Crippen molar-refractivity contribution >= 4 is 41.0 Å². The Balaban J connectivity index is 0.00000657. The minimum Gasteiger partial charge on any atom is -0.305 e. The van der Waals surface area contributed by atoms with E-state index in [1.165, 1.54) is 42.5 Å². The zero-order valence-corrected chi connectivity index (χ0v) is 40.7. The molecule has 11 aromatic rings. The van der Waals surface area contributed by atoms with Crippen LogP contribution in [0.4, 0.5) is 0 Å². The van der Waals surface area contributed by atoms with Crippen molar-refractivity contribution in [2.75, 3.05) is 0 Å². The Morgan fingerprint density at radius 1 is 0.515 bits per heavy atom. The first kappa shape index (κ1) is 35.9. The molecule has 0 saturated carbocycles. The normalized spacial score (nSPS) is 14.2. The summed E-state index contributed by atoms with van der Waals surface area (Å²) in [6.07, 6.45) is -5.95. The summed E-state index contributed by atoms with van der Waals surface area (Å²) in [5.41, 5.74) is 9.25. The van der Waals surface area contributed by atoms with Crippen LogP contribution in [0.2, 0.25) is 19.6 Å². The minimum atomic E-state index is -2.81. The average Bonchev–Trinajstić information content (AvgIpc) is 3.93. The molecule has 0 saturated heterocycles. The van der Waals surface area contributed by atoms with E-state index in [1.54, 1.807) is 55.0 Å². The molecule has 5 heterocycles. The molecule has 6 nitrogen and oxygen atoms in total. The van der Waals surface area contributed by atoms with E-state index >= 15 is 0 Å². The van der Waals surface area contributed by atoms with Gasteiger partial charge in [0, 0.05) is 40.6 Å². The Kier molecular flexibility index (Phi) is 10.1. The van der Waals surface area contributed by atoms with Crippen molar-refractivity contribution in [3.63, 3.8) is 0 Å². The van der Waals surface area contributed by atoms with Gasteiger partial charge in [-0.05, 0) is 70.2 Å². The summed E-state index contributed by atoms with van der Waals surface area (Å²) in [5.74, 6) is 0. The smallest absolute Gasteiger partial charge is 0.305 e. The third-order valence-electron chi connectivity index (χ3n) is 11.6. The number of aryl methyl sites for hydroxylation is 4. The molecule has 0 fully saturated rings. The second-order valence-corrected chi connectivity index (χ2v) is 22.2. The molecule has 5 aromatic heterocycles. The fraction of sp³-hybridized carbons (Fsp3) is 0.117. The van der Waals surface area contributed by atoms with Crippen molar-refractivity contribution in [1.82, 2.24) is 29.5 Å². The van der Waals surface area contributed by atoms with Crippen LogP contribution in [0.25, 0.3) is 83.3 Å². The third-order valence-corrected chi connectivity index (χ3v) is 13.2. The molecule has 0 N–H and O–H groups in total. The topological polar surface area (TPSA) is 68.9 Å². The fourth-order valence-corrected chi connectivity index (χ4v) is 9.10. The molecule has 0 aliphatic heterocycles. The first-order valence-electron chi connectivity index (χ1n) is 26.1. The van der Waals surface area contributed by atoms with Gasteiger partial charge in [-0.25, -0.2) is 9.50 Å². The molecule has 0 bridgehead atoms. The van der Waals surface area contributed by atoms with Crippen molar-refractivity contribution in [2.45, 2.75) is 45.1 Å². The van der Waals surface area contributed by atoms with Gasteiger partial charge in [0.2, 0.25) is 0 Å².